The molecular weight excluding hydrogens is 166 g/mol. The molecule has 1 aromatic heterocycles. The molecule has 1 aromatic rings. The van der Waals surface area contributed by atoms with Gasteiger partial charge in [0.15, 0.2) is 0 Å². The predicted molar refractivity (Wildman–Crippen MR) is 53.6 cm³/mol. The minimum atomic E-state index is -0.218. The van der Waals surface area contributed by atoms with E-state index in [4.69, 9.17) is 0 Å². The monoisotopic (exact) mass is 183 g/mol. The van der Waals surface area contributed by atoms with Crippen molar-refractivity contribution in [3.05, 3.63) is 30.6 Å². The summed E-state index contributed by atoms with van der Waals surface area (Å²) < 4.78 is 0. The van der Waals surface area contributed by atoms with Crippen LogP contribution < -0.4 is 11.3 Å². The van der Waals surface area contributed by atoms with Crippen LogP contribution >= 0.6 is 0 Å². The Morgan fingerprint density at radius 1 is 1.23 bits per heavy atom. The normalized spacial score (nSPS) is 6.77. The van der Waals surface area contributed by atoms with Gasteiger partial charge < -0.3 is 0 Å². The molecule has 0 aromatic carbocycles. The molecule has 0 fully saturated rings. The maximum Gasteiger partial charge on any atom is 0.230 e. The second kappa shape index (κ2) is 13.2. The van der Waals surface area contributed by atoms with Crippen LogP contribution in [-0.4, -0.2) is 10.9 Å². The SMILES string of the molecule is CC.CC(=O)NN.c1ccncc1. The van der Waals surface area contributed by atoms with Crippen LogP contribution in [0.4, 0.5) is 0 Å². The molecule has 4 heteroatoms. The van der Waals surface area contributed by atoms with Crippen molar-refractivity contribution in [1.29, 1.82) is 0 Å². The maximum atomic E-state index is 9.58. The molecule has 4 nitrogen and oxygen atoms in total. The molecule has 1 rings (SSSR count). The molecule has 0 bridgehead atoms. The summed E-state index contributed by atoms with van der Waals surface area (Å²) in [6, 6.07) is 5.72. The molecule has 13 heavy (non-hydrogen) atoms. The van der Waals surface area contributed by atoms with Gasteiger partial charge in [-0.25, -0.2) is 5.84 Å². The van der Waals surface area contributed by atoms with Gasteiger partial charge in [-0.15, -0.1) is 0 Å². The number of hydrogen-bond donors (Lipinski definition) is 2. The molecule has 0 atom stereocenters. The quantitative estimate of drug-likeness (QED) is 0.359. The standard InChI is InChI=1S/C5H5N.C2H6N2O.C2H6/c1-2-4-6-5-3-1;1-2(5)4-3;1-2/h1-5H;3H2,1H3,(H,4,5);1-2H3. The number of hydrazine groups is 1. The zero-order valence-corrected chi connectivity index (χ0v) is 8.32. The summed E-state index contributed by atoms with van der Waals surface area (Å²) in [5.74, 6) is 4.35. The fourth-order valence-corrected chi connectivity index (χ4v) is 0.313. The van der Waals surface area contributed by atoms with Crippen LogP contribution in [0.2, 0.25) is 0 Å². The molecule has 3 N–H and O–H groups in total. The van der Waals surface area contributed by atoms with E-state index in [0.29, 0.717) is 0 Å². The van der Waals surface area contributed by atoms with Crippen LogP contribution in [0.3, 0.4) is 0 Å². The van der Waals surface area contributed by atoms with Gasteiger partial charge in [0.25, 0.3) is 0 Å². The van der Waals surface area contributed by atoms with Crippen molar-refractivity contribution in [1.82, 2.24) is 10.4 Å². The molecule has 0 aliphatic rings. The number of nitrogens with one attached hydrogen (secondary N) is 1. The van der Waals surface area contributed by atoms with E-state index in [2.05, 4.69) is 10.8 Å². The van der Waals surface area contributed by atoms with Gasteiger partial charge in [0.1, 0.15) is 0 Å². The van der Waals surface area contributed by atoms with Crippen LogP contribution in [0, 0.1) is 0 Å². The number of carbonyl (C=O) groups excluding carboxylic acids is 1. The predicted octanol–water partition coefficient (Wildman–Crippen LogP) is 1.10. The number of pyridine rings is 1. The Labute approximate surface area is 79.1 Å². The molecule has 0 unspecified atom stereocenters. The van der Waals surface area contributed by atoms with E-state index in [9.17, 15) is 4.79 Å². The Morgan fingerprint density at radius 2 is 1.62 bits per heavy atom. The number of nitrogens with two attached hydrogens (primary N) is 1. The third-order valence-corrected chi connectivity index (χ3v) is 0.770. The topological polar surface area (TPSA) is 68.0 Å². The van der Waals surface area contributed by atoms with Gasteiger partial charge in [-0.05, 0) is 12.1 Å². The minimum absolute atomic E-state index is 0.218. The fraction of sp³-hybridized carbons (Fsp3) is 0.333. The molecule has 0 spiro atoms. The lowest BCUT2D eigenvalue weighted by atomic mass is 10.5. The fourth-order valence-electron chi connectivity index (χ4n) is 0.313. The summed E-state index contributed by atoms with van der Waals surface area (Å²) in [4.78, 5) is 13.4. The van der Waals surface area contributed by atoms with Gasteiger partial charge in [-0.2, -0.15) is 0 Å². The van der Waals surface area contributed by atoms with Gasteiger partial charge >= 0.3 is 0 Å². The minimum Gasteiger partial charge on any atom is -0.295 e. The van der Waals surface area contributed by atoms with E-state index in [0.717, 1.165) is 0 Å². The zero-order valence-electron chi connectivity index (χ0n) is 8.32. The lowest BCUT2D eigenvalue weighted by Gasteiger charge is -1.80. The highest BCUT2D eigenvalue weighted by molar-refractivity contribution is 5.71. The molecule has 0 aliphatic heterocycles. The average molecular weight is 183 g/mol. The highest BCUT2D eigenvalue weighted by Gasteiger charge is 1.73. The van der Waals surface area contributed by atoms with Crippen molar-refractivity contribution in [3.63, 3.8) is 0 Å². The number of hydrogen-bond acceptors (Lipinski definition) is 3. The Hall–Kier alpha value is -1.42. The summed E-state index contributed by atoms with van der Waals surface area (Å²) in [7, 11) is 0. The summed E-state index contributed by atoms with van der Waals surface area (Å²) in [6.45, 7) is 5.35. The average Bonchev–Trinajstić information content (AvgIpc) is 2.24. The number of nitrogens with zero attached hydrogens (tertiary/aromatic N) is 1. The molecule has 0 saturated carbocycles. The van der Waals surface area contributed by atoms with Gasteiger partial charge in [-0.1, -0.05) is 19.9 Å². The molecule has 1 heterocycles. The van der Waals surface area contributed by atoms with Crippen molar-refractivity contribution in [2.24, 2.45) is 5.84 Å². The van der Waals surface area contributed by atoms with Crippen molar-refractivity contribution in [2.75, 3.05) is 0 Å². The van der Waals surface area contributed by atoms with E-state index in [1.54, 1.807) is 12.4 Å². The molecule has 1 amide bonds. The first-order valence-electron chi connectivity index (χ1n) is 4.09. The zero-order chi connectivity index (χ0) is 10.5. The second-order valence-electron chi connectivity index (χ2n) is 1.73. The van der Waals surface area contributed by atoms with Gasteiger partial charge in [-0.3, -0.25) is 15.2 Å². The first-order chi connectivity index (χ1) is 6.27. The lowest BCUT2D eigenvalue weighted by Crippen LogP contribution is -2.26. The summed E-state index contributed by atoms with van der Waals surface area (Å²) >= 11 is 0. The lowest BCUT2D eigenvalue weighted by molar-refractivity contribution is -0.119. The molecular formula is C9H17N3O. The third-order valence-electron chi connectivity index (χ3n) is 0.770. The first kappa shape index (κ1) is 14.1. The largest absolute Gasteiger partial charge is 0.295 e. The summed E-state index contributed by atoms with van der Waals surface area (Å²) in [5.41, 5.74) is 1.89. The second-order valence-corrected chi connectivity index (χ2v) is 1.73. The van der Waals surface area contributed by atoms with Crippen LogP contribution in [0.15, 0.2) is 30.6 Å². The van der Waals surface area contributed by atoms with E-state index >= 15 is 0 Å². The van der Waals surface area contributed by atoms with Crippen LogP contribution in [-0.2, 0) is 4.79 Å². The summed E-state index contributed by atoms with van der Waals surface area (Å²) in [6.07, 6.45) is 3.50. The Kier molecular flexibility index (Phi) is 14.3. The van der Waals surface area contributed by atoms with E-state index < -0.39 is 0 Å². The highest BCUT2D eigenvalue weighted by atomic mass is 16.2. The van der Waals surface area contributed by atoms with Gasteiger partial charge in [0.05, 0.1) is 0 Å². The van der Waals surface area contributed by atoms with Crippen molar-refractivity contribution in [2.45, 2.75) is 20.8 Å². The van der Waals surface area contributed by atoms with Crippen molar-refractivity contribution < 1.29 is 4.79 Å². The van der Waals surface area contributed by atoms with E-state index in [1.807, 2.05) is 37.5 Å². The number of amides is 1. The number of rotatable bonds is 0. The first-order valence-corrected chi connectivity index (χ1v) is 4.09. The van der Waals surface area contributed by atoms with Gasteiger partial charge in [0, 0.05) is 19.3 Å². The smallest absolute Gasteiger partial charge is 0.230 e. The maximum absolute atomic E-state index is 9.58. The van der Waals surface area contributed by atoms with E-state index in [1.165, 1.54) is 6.92 Å². The molecule has 0 aliphatic carbocycles. The molecule has 74 valence electrons. The van der Waals surface area contributed by atoms with Crippen LogP contribution in [0.25, 0.3) is 0 Å². The number of aromatic nitrogens is 1. The Bertz CT molecular complexity index is 163. The Balaban J connectivity index is 0. The van der Waals surface area contributed by atoms with Crippen molar-refractivity contribution in [3.8, 4) is 0 Å². The van der Waals surface area contributed by atoms with E-state index in [-0.39, 0.29) is 5.91 Å². The molecule has 0 radical (unpaired) electrons. The molecule has 0 saturated heterocycles. The van der Waals surface area contributed by atoms with Crippen LogP contribution in [0.5, 0.6) is 0 Å². The summed E-state index contributed by atoms with van der Waals surface area (Å²) in [5, 5.41) is 0. The highest BCUT2D eigenvalue weighted by Crippen LogP contribution is 1.73. The van der Waals surface area contributed by atoms with Gasteiger partial charge in [0.2, 0.25) is 5.91 Å². The third kappa shape index (κ3) is 18.0. The Morgan fingerprint density at radius 3 is 1.69 bits per heavy atom. The van der Waals surface area contributed by atoms with Crippen molar-refractivity contribution >= 4 is 5.91 Å². The van der Waals surface area contributed by atoms with Crippen LogP contribution in [0.1, 0.15) is 20.8 Å². The number of carbonyl (C=O) groups is 1.